The van der Waals surface area contributed by atoms with Crippen molar-refractivity contribution in [2.75, 3.05) is 7.11 Å². The molecule has 0 aliphatic rings. The average Bonchev–Trinajstić information content (AvgIpc) is 2.20. The Morgan fingerprint density at radius 2 is 2.13 bits per heavy atom. The Morgan fingerprint density at radius 1 is 1.53 bits per heavy atom. The summed E-state index contributed by atoms with van der Waals surface area (Å²) in [4.78, 5) is 10.8. The van der Waals surface area contributed by atoms with Gasteiger partial charge >= 0.3 is 5.97 Å². The SMILES string of the molecule is COc1c(C(C)C(=O)O)ccc(Br)c1O. The van der Waals surface area contributed by atoms with E-state index in [1.165, 1.54) is 14.0 Å². The van der Waals surface area contributed by atoms with Crippen molar-refractivity contribution >= 4 is 21.9 Å². The van der Waals surface area contributed by atoms with Gasteiger partial charge in [0.25, 0.3) is 0 Å². The molecule has 1 aromatic rings. The second kappa shape index (κ2) is 4.53. The third-order valence-corrected chi connectivity index (χ3v) is 2.79. The zero-order valence-electron chi connectivity index (χ0n) is 8.32. The van der Waals surface area contributed by atoms with Crippen molar-refractivity contribution in [1.29, 1.82) is 0 Å². The highest BCUT2D eigenvalue weighted by Crippen LogP contribution is 2.40. The van der Waals surface area contributed by atoms with Crippen molar-refractivity contribution in [3.05, 3.63) is 22.2 Å². The number of phenolic OH excluding ortho intramolecular Hbond substituents is 1. The van der Waals surface area contributed by atoms with E-state index >= 15 is 0 Å². The highest BCUT2D eigenvalue weighted by molar-refractivity contribution is 9.10. The number of phenols is 1. The van der Waals surface area contributed by atoms with Gasteiger partial charge in [-0.15, -0.1) is 0 Å². The molecule has 1 rings (SSSR count). The van der Waals surface area contributed by atoms with Crippen molar-refractivity contribution in [3.8, 4) is 11.5 Å². The Kier molecular flexibility index (Phi) is 3.57. The topological polar surface area (TPSA) is 66.8 Å². The standard InChI is InChI=1S/C10H11BrO4/c1-5(10(13)14)6-3-4-7(11)8(12)9(6)15-2/h3-5,12H,1-2H3,(H,13,14). The zero-order valence-corrected chi connectivity index (χ0v) is 9.91. The van der Waals surface area contributed by atoms with Crippen LogP contribution in [0.15, 0.2) is 16.6 Å². The number of rotatable bonds is 3. The minimum absolute atomic E-state index is 0.0805. The number of carboxylic acid groups (broad SMARTS) is 1. The lowest BCUT2D eigenvalue weighted by Gasteiger charge is -2.14. The van der Waals surface area contributed by atoms with Gasteiger partial charge in [0.2, 0.25) is 0 Å². The first-order chi connectivity index (χ1) is 6.99. The van der Waals surface area contributed by atoms with Gasteiger partial charge in [0, 0.05) is 5.56 Å². The summed E-state index contributed by atoms with van der Waals surface area (Å²) < 4.78 is 5.46. The Labute approximate surface area is 95.6 Å². The van der Waals surface area contributed by atoms with Gasteiger partial charge in [-0.3, -0.25) is 4.79 Å². The number of aromatic hydroxyl groups is 1. The van der Waals surface area contributed by atoms with Crippen LogP contribution in [0.4, 0.5) is 0 Å². The molecule has 0 radical (unpaired) electrons. The number of methoxy groups -OCH3 is 1. The molecule has 15 heavy (non-hydrogen) atoms. The Balaban J connectivity index is 3.30. The number of hydrogen-bond donors (Lipinski definition) is 2. The summed E-state index contributed by atoms with van der Waals surface area (Å²) in [6.07, 6.45) is 0. The van der Waals surface area contributed by atoms with Gasteiger partial charge in [-0.1, -0.05) is 6.07 Å². The van der Waals surface area contributed by atoms with Crippen molar-refractivity contribution in [3.63, 3.8) is 0 Å². The maximum absolute atomic E-state index is 10.8. The summed E-state index contributed by atoms with van der Waals surface area (Å²) in [6, 6.07) is 3.20. The first-order valence-electron chi connectivity index (χ1n) is 4.27. The molecule has 0 fully saturated rings. The maximum Gasteiger partial charge on any atom is 0.310 e. The highest BCUT2D eigenvalue weighted by atomic mass is 79.9. The Hall–Kier alpha value is -1.23. The van der Waals surface area contributed by atoms with Crippen LogP contribution < -0.4 is 4.74 Å². The summed E-state index contributed by atoms with van der Waals surface area (Å²) >= 11 is 3.13. The predicted octanol–water partition coefficient (Wildman–Crippen LogP) is 2.35. The largest absolute Gasteiger partial charge is 0.503 e. The van der Waals surface area contributed by atoms with Crippen LogP contribution in [-0.2, 0) is 4.79 Å². The molecule has 0 aromatic heterocycles. The van der Waals surface area contributed by atoms with Gasteiger partial charge in [0.15, 0.2) is 11.5 Å². The van der Waals surface area contributed by atoms with Crippen molar-refractivity contribution in [2.45, 2.75) is 12.8 Å². The van der Waals surface area contributed by atoms with Gasteiger partial charge < -0.3 is 14.9 Å². The molecule has 82 valence electrons. The number of carboxylic acids is 1. The first kappa shape index (κ1) is 11.8. The molecule has 1 atom stereocenters. The van der Waals surface area contributed by atoms with Crippen LogP contribution in [0.25, 0.3) is 0 Å². The van der Waals surface area contributed by atoms with Crippen LogP contribution >= 0.6 is 15.9 Å². The molecule has 4 nitrogen and oxygen atoms in total. The fourth-order valence-electron chi connectivity index (χ4n) is 1.25. The summed E-state index contributed by atoms with van der Waals surface area (Å²) in [5, 5.41) is 18.5. The predicted molar refractivity (Wildman–Crippen MR) is 58.4 cm³/mol. The molecule has 0 saturated carbocycles. The van der Waals surface area contributed by atoms with E-state index in [2.05, 4.69) is 15.9 Å². The third-order valence-electron chi connectivity index (χ3n) is 2.15. The maximum atomic E-state index is 10.8. The third kappa shape index (κ3) is 2.23. The highest BCUT2D eigenvalue weighted by Gasteiger charge is 2.21. The summed E-state index contributed by atoms with van der Waals surface area (Å²) in [6.45, 7) is 1.54. The lowest BCUT2D eigenvalue weighted by Crippen LogP contribution is -2.08. The molecule has 0 amide bonds. The van der Waals surface area contributed by atoms with E-state index in [1.54, 1.807) is 12.1 Å². The van der Waals surface area contributed by atoms with Crippen LogP contribution in [0.5, 0.6) is 11.5 Å². The minimum Gasteiger partial charge on any atom is -0.503 e. The van der Waals surface area contributed by atoms with Crippen LogP contribution in [0.3, 0.4) is 0 Å². The van der Waals surface area contributed by atoms with E-state index in [9.17, 15) is 9.90 Å². The molecular formula is C10H11BrO4. The minimum atomic E-state index is -0.963. The molecule has 0 bridgehead atoms. The van der Waals surface area contributed by atoms with E-state index in [1.807, 2.05) is 0 Å². The van der Waals surface area contributed by atoms with E-state index < -0.39 is 11.9 Å². The second-order valence-corrected chi connectivity index (χ2v) is 3.93. The molecule has 5 heteroatoms. The summed E-state index contributed by atoms with van der Waals surface area (Å²) in [5.41, 5.74) is 0.450. The van der Waals surface area contributed by atoms with Crippen molar-refractivity contribution in [2.24, 2.45) is 0 Å². The Bertz CT molecular complexity index is 389. The number of hydrogen-bond acceptors (Lipinski definition) is 3. The smallest absolute Gasteiger partial charge is 0.310 e. The second-order valence-electron chi connectivity index (χ2n) is 3.08. The summed E-state index contributed by atoms with van der Waals surface area (Å²) in [7, 11) is 1.39. The fourth-order valence-corrected chi connectivity index (χ4v) is 1.56. The number of carbonyl (C=O) groups is 1. The molecule has 0 spiro atoms. The van der Waals surface area contributed by atoms with Crippen LogP contribution in [0.1, 0.15) is 18.4 Å². The van der Waals surface area contributed by atoms with Crippen LogP contribution in [0.2, 0.25) is 0 Å². The number of halogens is 1. The Morgan fingerprint density at radius 3 is 2.60 bits per heavy atom. The number of ether oxygens (including phenoxy) is 1. The van der Waals surface area contributed by atoms with Crippen molar-refractivity contribution < 1.29 is 19.7 Å². The van der Waals surface area contributed by atoms with E-state index in [4.69, 9.17) is 9.84 Å². The van der Waals surface area contributed by atoms with Gasteiger partial charge in [0.1, 0.15) is 0 Å². The molecule has 0 aliphatic carbocycles. The molecule has 0 saturated heterocycles. The van der Waals surface area contributed by atoms with E-state index in [0.717, 1.165) is 0 Å². The normalized spacial score (nSPS) is 12.2. The zero-order chi connectivity index (χ0) is 11.6. The van der Waals surface area contributed by atoms with E-state index in [0.29, 0.717) is 10.0 Å². The summed E-state index contributed by atoms with van der Waals surface area (Å²) in [5.74, 6) is -1.57. The molecule has 1 aromatic carbocycles. The van der Waals surface area contributed by atoms with Gasteiger partial charge in [0.05, 0.1) is 17.5 Å². The molecule has 1 unspecified atom stereocenters. The molecule has 0 aliphatic heterocycles. The van der Waals surface area contributed by atoms with E-state index in [-0.39, 0.29) is 11.5 Å². The van der Waals surface area contributed by atoms with Gasteiger partial charge in [-0.05, 0) is 28.9 Å². The van der Waals surface area contributed by atoms with Gasteiger partial charge in [-0.2, -0.15) is 0 Å². The lowest BCUT2D eigenvalue weighted by molar-refractivity contribution is -0.138. The fraction of sp³-hybridized carbons (Fsp3) is 0.300. The van der Waals surface area contributed by atoms with Crippen molar-refractivity contribution in [1.82, 2.24) is 0 Å². The van der Waals surface area contributed by atoms with Crippen LogP contribution in [-0.4, -0.2) is 23.3 Å². The average molecular weight is 275 g/mol. The quantitative estimate of drug-likeness (QED) is 0.888. The lowest BCUT2D eigenvalue weighted by atomic mass is 10.00. The number of benzene rings is 1. The molecule has 2 N–H and O–H groups in total. The molecule has 0 heterocycles. The monoisotopic (exact) mass is 274 g/mol. The van der Waals surface area contributed by atoms with Crippen LogP contribution in [0, 0.1) is 0 Å². The van der Waals surface area contributed by atoms with Gasteiger partial charge in [-0.25, -0.2) is 0 Å². The molecular weight excluding hydrogens is 264 g/mol. The first-order valence-corrected chi connectivity index (χ1v) is 5.06. The number of aliphatic carboxylic acids is 1.